The SMILES string of the molecule is CC(=O)SCC(=Cc1[nH]nc2cc(Br)ccc12)B1OC(C)(C)C(C)(C)O1. The van der Waals surface area contributed by atoms with E-state index in [0.717, 1.165) is 26.5 Å². The van der Waals surface area contributed by atoms with Crippen LogP contribution >= 0.6 is 27.7 Å². The van der Waals surface area contributed by atoms with Crippen LogP contribution in [-0.2, 0) is 14.1 Å². The van der Waals surface area contributed by atoms with Crippen LogP contribution < -0.4 is 0 Å². The second-order valence-corrected chi connectivity index (χ2v) is 9.45. The van der Waals surface area contributed by atoms with Crippen LogP contribution in [0, 0.1) is 0 Å². The van der Waals surface area contributed by atoms with E-state index < -0.39 is 18.3 Å². The highest BCUT2D eigenvalue weighted by atomic mass is 79.9. The number of H-pyrrole nitrogens is 1. The van der Waals surface area contributed by atoms with Crippen molar-refractivity contribution in [2.45, 2.75) is 45.8 Å². The molecule has 1 fully saturated rings. The Morgan fingerprint density at radius 3 is 2.58 bits per heavy atom. The van der Waals surface area contributed by atoms with Crippen molar-refractivity contribution in [3.05, 3.63) is 33.8 Å². The molecule has 0 radical (unpaired) electrons. The number of aromatic nitrogens is 2. The van der Waals surface area contributed by atoms with E-state index in [4.69, 9.17) is 9.31 Å². The van der Waals surface area contributed by atoms with E-state index in [9.17, 15) is 4.79 Å². The van der Waals surface area contributed by atoms with Crippen molar-refractivity contribution < 1.29 is 14.1 Å². The van der Waals surface area contributed by atoms with Gasteiger partial charge in [-0.05, 0) is 57.4 Å². The van der Waals surface area contributed by atoms with Gasteiger partial charge in [0, 0.05) is 22.5 Å². The number of hydrogen-bond donors (Lipinski definition) is 1. The average molecular weight is 437 g/mol. The molecule has 0 bridgehead atoms. The third-order valence-electron chi connectivity index (χ3n) is 4.87. The van der Waals surface area contributed by atoms with Crippen LogP contribution in [0.3, 0.4) is 0 Å². The third-order valence-corrected chi connectivity index (χ3v) is 6.25. The van der Waals surface area contributed by atoms with Crippen molar-refractivity contribution in [1.29, 1.82) is 0 Å². The Labute approximate surface area is 166 Å². The molecule has 138 valence electrons. The largest absolute Gasteiger partial charge is 0.491 e. The number of benzene rings is 1. The molecule has 2 aromatic rings. The Balaban J connectivity index is 1.98. The third kappa shape index (κ3) is 3.93. The van der Waals surface area contributed by atoms with Crippen molar-refractivity contribution >= 4 is 56.9 Å². The fourth-order valence-electron chi connectivity index (χ4n) is 2.66. The minimum absolute atomic E-state index is 0.0609. The topological polar surface area (TPSA) is 64.2 Å². The molecular weight excluding hydrogens is 415 g/mol. The number of thioether (sulfide) groups is 1. The zero-order valence-electron chi connectivity index (χ0n) is 15.6. The number of hydrogen-bond acceptors (Lipinski definition) is 5. The number of aromatic amines is 1. The molecule has 0 saturated carbocycles. The molecule has 2 heterocycles. The minimum Gasteiger partial charge on any atom is -0.400 e. The molecule has 5 nitrogen and oxygen atoms in total. The van der Waals surface area contributed by atoms with Crippen LogP contribution in [-0.4, -0.2) is 39.4 Å². The van der Waals surface area contributed by atoms with E-state index in [0.29, 0.717) is 5.75 Å². The number of rotatable bonds is 4. The number of nitrogens with one attached hydrogen (secondary N) is 1. The molecule has 1 aliphatic rings. The highest BCUT2D eigenvalue weighted by molar-refractivity contribution is 9.10. The van der Waals surface area contributed by atoms with E-state index in [1.54, 1.807) is 6.92 Å². The van der Waals surface area contributed by atoms with E-state index in [-0.39, 0.29) is 5.12 Å². The zero-order valence-corrected chi connectivity index (χ0v) is 18.0. The molecule has 0 aliphatic carbocycles. The molecule has 1 N–H and O–H groups in total. The van der Waals surface area contributed by atoms with E-state index in [1.807, 2.05) is 52.0 Å². The van der Waals surface area contributed by atoms with E-state index >= 15 is 0 Å². The highest BCUT2D eigenvalue weighted by Crippen LogP contribution is 2.39. The average Bonchev–Trinajstić information content (AvgIpc) is 3.00. The molecular formula is C18H22BBrN2O3S. The van der Waals surface area contributed by atoms with Gasteiger partial charge in [-0.2, -0.15) is 5.10 Å². The number of halogens is 1. The lowest BCUT2D eigenvalue weighted by atomic mass is 9.78. The lowest BCUT2D eigenvalue weighted by Gasteiger charge is -2.32. The Morgan fingerprint density at radius 1 is 1.31 bits per heavy atom. The molecule has 3 rings (SSSR count). The maximum absolute atomic E-state index is 11.5. The molecule has 0 unspecified atom stereocenters. The minimum atomic E-state index is -0.499. The molecule has 8 heteroatoms. The summed E-state index contributed by atoms with van der Waals surface area (Å²) in [5, 5.41) is 8.50. The van der Waals surface area contributed by atoms with Gasteiger partial charge in [0.1, 0.15) is 0 Å². The van der Waals surface area contributed by atoms with Crippen LogP contribution in [0.5, 0.6) is 0 Å². The summed E-state index contributed by atoms with van der Waals surface area (Å²) in [6.45, 7) is 9.64. The lowest BCUT2D eigenvalue weighted by Crippen LogP contribution is -2.41. The van der Waals surface area contributed by atoms with Crippen molar-refractivity contribution in [2.75, 3.05) is 5.75 Å². The van der Waals surface area contributed by atoms with Crippen molar-refractivity contribution in [3.63, 3.8) is 0 Å². The molecule has 1 aliphatic heterocycles. The van der Waals surface area contributed by atoms with Gasteiger partial charge < -0.3 is 9.31 Å². The molecule has 1 aromatic heterocycles. The quantitative estimate of drug-likeness (QED) is 0.708. The normalized spacial score (nSPS) is 19.3. The van der Waals surface area contributed by atoms with Gasteiger partial charge in [-0.25, -0.2) is 0 Å². The van der Waals surface area contributed by atoms with Crippen LogP contribution in [0.25, 0.3) is 17.0 Å². The number of fused-ring (bicyclic) bond motifs is 1. The van der Waals surface area contributed by atoms with Gasteiger partial charge in [0.05, 0.1) is 22.4 Å². The summed E-state index contributed by atoms with van der Waals surface area (Å²) in [6.07, 6.45) is 1.99. The number of carbonyl (C=O) groups is 1. The Bertz CT molecular complexity index is 862. The fraction of sp³-hybridized carbons (Fsp3) is 0.444. The second kappa shape index (κ2) is 7.15. The van der Waals surface area contributed by atoms with E-state index in [1.165, 1.54) is 11.8 Å². The van der Waals surface area contributed by atoms with Crippen LogP contribution in [0.1, 0.15) is 40.3 Å². The van der Waals surface area contributed by atoms with E-state index in [2.05, 4.69) is 26.1 Å². The molecule has 1 saturated heterocycles. The van der Waals surface area contributed by atoms with Gasteiger partial charge >= 0.3 is 7.12 Å². The van der Waals surface area contributed by atoms with Crippen molar-refractivity contribution in [1.82, 2.24) is 10.2 Å². The lowest BCUT2D eigenvalue weighted by molar-refractivity contribution is -0.109. The van der Waals surface area contributed by atoms with Crippen molar-refractivity contribution in [3.8, 4) is 0 Å². The second-order valence-electron chi connectivity index (χ2n) is 7.39. The summed E-state index contributed by atoms with van der Waals surface area (Å²) < 4.78 is 13.3. The van der Waals surface area contributed by atoms with Crippen LogP contribution in [0.2, 0.25) is 0 Å². The molecule has 0 atom stereocenters. The summed E-state index contributed by atoms with van der Waals surface area (Å²) in [7, 11) is -0.499. The van der Waals surface area contributed by atoms with Gasteiger partial charge in [0.25, 0.3) is 0 Å². The standard InChI is InChI=1S/C18H22BBrN2O3S/c1-11(23)26-10-12(19-24-17(2,3)18(4,5)25-19)8-15-14-7-6-13(20)9-16(14)22-21-15/h6-9H,10H2,1-5H3,(H,21,22). The summed E-state index contributed by atoms with van der Waals surface area (Å²) in [4.78, 5) is 11.5. The van der Waals surface area contributed by atoms with Gasteiger partial charge in [-0.3, -0.25) is 9.89 Å². The van der Waals surface area contributed by atoms with Gasteiger partial charge in [-0.15, -0.1) is 0 Å². The van der Waals surface area contributed by atoms with Crippen LogP contribution in [0.15, 0.2) is 28.1 Å². The molecule has 0 amide bonds. The van der Waals surface area contributed by atoms with Gasteiger partial charge in [-0.1, -0.05) is 27.7 Å². The van der Waals surface area contributed by atoms with Crippen molar-refractivity contribution in [2.24, 2.45) is 0 Å². The predicted octanol–water partition coefficient (Wildman–Crippen LogP) is 4.62. The first-order valence-electron chi connectivity index (χ1n) is 8.42. The first-order chi connectivity index (χ1) is 12.1. The maximum Gasteiger partial charge on any atom is 0.491 e. The van der Waals surface area contributed by atoms with Gasteiger partial charge in [0.15, 0.2) is 5.12 Å². The van der Waals surface area contributed by atoms with Crippen LogP contribution in [0.4, 0.5) is 0 Å². The Kier molecular flexibility index (Phi) is 5.41. The fourth-order valence-corrected chi connectivity index (χ4v) is 3.60. The number of nitrogens with zero attached hydrogens (tertiary/aromatic N) is 1. The molecule has 26 heavy (non-hydrogen) atoms. The summed E-state index contributed by atoms with van der Waals surface area (Å²) in [5.74, 6) is 0.503. The smallest absolute Gasteiger partial charge is 0.400 e. The Hall–Kier alpha value is -1.09. The highest BCUT2D eigenvalue weighted by Gasteiger charge is 2.52. The Morgan fingerprint density at radius 2 is 1.96 bits per heavy atom. The molecule has 0 spiro atoms. The maximum atomic E-state index is 11.5. The van der Waals surface area contributed by atoms with Gasteiger partial charge in [0.2, 0.25) is 0 Å². The first kappa shape index (κ1) is 19.7. The zero-order chi connectivity index (χ0) is 19.1. The number of carbonyl (C=O) groups excluding carboxylic acids is 1. The summed E-state index contributed by atoms with van der Waals surface area (Å²) in [5.41, 5.74) is 1.79. The molecule has 1 aromatic carbocycles. The monoisotopic (exact) mass is 436 g/mol. The predicted molar refractivity (Wildman–Crippen MR) is 111 cm³/mol. The summed E-state index contributed by atoms with van der Waals surface area (Å²) in [6, 6.07) is 5.95. The summed E-state index contributed by atoms with van der Waals surface area (Å²) >= 11 is 4.71. The first-order valence-corrected chi connectivity index (χ1v) is 10.2.